The van der Waals surface area contributed by atoms with E-state index in [4.69, 9.17) is 5.26 Å². The van der Waals surface area contributed by atoms with E-state index in [0.29, 0.717) is 11.6 Å². The summed E-state index contributed by atoms with van der Waals surface area (Å²) in [4.78, 5) is 7.89. The van der Waals surface area contributed by atoms with Gasteiger partial charge < -0.3 is 5.32 Å². The van der Waals surface area contributed by atoms with E-state index in [9.17, 15) is 0 Å². The van der Waals surface area contributed by atoms with Crippen molar-refractivity contribution in [3.63, 3.8) is 0 Å². The molecule has 0 unspecified atom stereocenters. The molecule has 2 heterocycles. The van der Waals surface area contributed by atoms with E-state index in [1.807, 2.05) is 13.1 Å². The van der Waals surface area contributed by atoms with Crippen LogP contribution in [0.2, 0.25) is 0 Å². The van der Waals surface area contributed by atoms with Crippen LogP contribution >= 0.6 is 0 Å². The van der Waals surface area contributed by atoms with Crippen LogP contribution in [0.3, 0.4) is 0 Å². The number of nitrogens with zero attached hydrogens (tertiary/aromatic N) is 5. The minimum atomic E-state index is 0.253. The van der Waals surface area contributed by atoms with Gasteiger partial charge >= 0.3 is 0 Å². The Hall–Kier alpha value is -2.42. The molecule has 0 saturated heterocycles. The third-order valence-electron chi connectivity index (χ3n) is 1.76. The van der Waals surface area contributed by atoms with Crippen molar-refractivity contribution in [3.05, 3.63) is 30.4 Å². The van der Waals surface area contributed by atoms with Crippen molar-refractivity contribution in [2.75, 3.05) is 5.32 Å². The lowest BCUT2D eigenvalue weighted by Crippen LogP contribution is -1.99. The van der Waals surface area contributed by atoms with Crippen molar-refractivity contribution in [3.8, 4) is 6.07 Å². The van der Waals surface area contributed by atoms with Crippen molar-refractivity contribution in [2.24, 2.45) is 7.05 Å². The van der Waals surface area contributed by atoms with Gasteiger partial charge in [-0.15, -0.1) is 0 Å². The molecule has 0 aliphatic rings. The van der Waals surface area contributed by atoms with E-state index in [0.717, 1.165) is 0 Å². The van der Waals surface area contributed by atoms with Crippen LogP contribution in [0.4, 0.5) is 11.6 Å². The minimum absolute atomic E-state index is 0.253. The predicted molar refractivity (Wildman–Crippen MR) is 53.2 cm³/mol. The number of hydrogen-bond acceptors (Lipinski definition) is 5. The van der Waals surface area contributed by atoms with E-state index in [1.54, 1.807) is 16.9 Å². The molecule has 2 rings (SSSR count). The molecule has 15 heavy (non-hydrogen) atoms. The fourth-order valence-electron chi connectivity index (χ4n) is 1.11. The Morgan fingerprint density at radius 3 is 2.87 bits per heavy atom. The average molecular weight is 200 g/mol. The Balaban J connectivity index is 2.28. The van der Waals surface area contributed by atoms with Crippen LogP contribution in [-0.4, -0.2) is 19.7 Å². The van der Waals surface area contributed by atoms with E-state index in [-0.39, 0.29) is 5.69 Å². The molecule has 74 valence electrons. The second-order valence-corrected chi connectivity index (χ2v) is 2.87. The van der Waals surface area contributed by atoms with Crippen LogP contribution in [0.15, 0.2) is 24.7 Å². The number of anilines is 2. The molecule has 0 amide bonds. The van der Waals surface area contributed by atoms with Gasteiger partial charge in [-0.2, -0.15) is 10.4 Å². The minimum Gasteiger partial charge on any atom is -0.321 e. The molecule has 0 aromatic carbocycles. The normalized spacial score (nSPS) is 9.60. The van der Waals surface area contributed by atoms with Crippen LogP contribution in [0.5, 0.6) is 0 Å². The van der Waals surface area contributed by atoms with Crippen molar-refractivity contribution >= 4 is 11.6 Å². The third-order valence-corrected chi connectivity index (χ3v) is 1.76. The first-order chi connectivity index (χ1) is 7.29. The highest BCUT2D eigenvalue weighted by molar-refractivity contribution is 5.56. The lowest BCUT2D eigenvalue weighted by molar-refractivity contribution is 0.771. The van der Waals surface area contributed by atoms with Gasteiger partial charge in [0.1, 0.15) is 6.07 Å². The monoisotopic (exact) mass is 200 g/mol. The molecular formula is C9H8N6. The number of rotatable bonds is 2. The highest BCUT2D eigenvalue weighted by atomic mass is 15.3. The molecule has 0 spiro atoms. The SMILES string of the molecule is Cn1ccc(Nc2nccnc2C#N)n1. The lowest BCUT2D eigenvalue weighted by Gasteiger charge is -2.01. The fourth-order valence-corrected chi connectivity index (χ4v) is 1.11. The Bertz CT molecular complexity index is 509. The maximum Gasteiger partial charge on any atom is 0.183 e. The molecular weight excluding hydrogens is 192 g/mol. The van der Waals surface area contributed by atoms with E-state index in [2.05, 4.69) is 20.4 Å². The molecule has 0 saturated carbocycles. The molecule has 2 aromatic rings. The number of aromatic nitrogens is 4. The Morgan fingerprint density at radius 2 is 2.20 bits per heavy atom. The Kier molecular flexibility index (Phi) is 2.29. The van der Waals surface area contributed by atoms with E-state index >= 15 is 0 Å². The highest BCUT2D eigenvalue weighted by Crippen LogP contribution is 2.13. The largest absolute Gasteiger partial charge is 0.321 e. The lowest BCUT2D eigenvalue weighted by atomic mass is 10.4. The van der Waals surface area contributed by atoms with Gasteiger partial charge in [0.15, 0.2) is 17.3 Å². The Morgan fingerprint density at radius 1 is 1.40 bits per heavy atom. The Labute approximate surface area is 86.2 Å². The first-order valence-electron chi connectivity index (χ1n) is 4.27. The second kappa shape index (κ2) is 3.75. The van der Waals surface area contributed by atoms with Gasteiger partial charge in [-0.3, -0.25) is 4.68 Å². The number of aryl methyl sites for hydroxylation is 1. The zero-order valence-corrected chi connectivity index (χ0v) is 8.05. The number of hydrogen-bond donors (Lipinski definition) is 1. The first kappa shape index (κ1) is 9.15. The first-order valence-corrected chi connectivity index (χ1v) is 4.27. The summed E-state index contributed by atoms with van der Waals surface area (Å²) in [5.41, 5.74) is 0.253. The smallest absolute Gasteiger partial charge is 0.183 e. The molecule has 1 N–H and O–H groups in total. The van der Waals surface area contributed by atoms with E-state index in [1.165, 1.54) is 12.4 Å². The van der Waals surface area contributed by atoms with Gasteiger partial charge in [-0.1, -0.05) is 0 Å². The van der Waals surface area contributed by atoms with Crippen molar-refractivity contribution in [1.82, 2.24) is 19.7 Å². The standard InChI is InChI=1S/C9H8N6/c1-15-5-2-8(14-15)13-9-7(6-10)11-3-4-12-9/h2-5H,1H3,(H,12,13,14). The molecule has 2 aromatic heterocycles. The summed E-state index contributed by atoms with van der Waals surface area (Å²) in [5, 5.41) is 15.8. The summed E-state index contributed by atoms with van der Waals surface area (Å²) in [6.45, 7) is 0. The van der Waals surface area contributed by atoms with Gasteiger partial charge in [0.2, 0.25) is 0 Å². The van der Waals surface area contributed by atoms with Crippen LogP contribution < -0.4 is 5.32 Å². The van der Waals surface area contributed by atoms with Gasteiger partial charge in [0.25, 0.3) is 0 Å². The van der Waals surface area contributed by atoms with Crippen LogP contribution in [0.25, 0.3) is 0 Å². The van der Waals surface area contributed by atoms with Gasteiger partial charge in [-0.25, -0.2) is 9.97 Å². The van der Waals surface area contributed by atoms with Crippen molar-refractivity contribution in [1.29, 1.82) is 5.26 Å². The summed E-state index contributed by atoms with van der Waals surface area (Å²) in [6.07, 6.45) is 4.79. The molecule has 0 atom stereocenters. The van der Waals surface area contributed by atoms with Crippen molar-refractivity contribution in [2.45, 2.75) is 0 Å². The summed E-state index contributed by atoms with van der Waals surface area (Å²) in [5.74, 6) is 1.05. The number of nitrogens with one attached hydrogen (secondary N) is 1. The molecule has 6 nitrogen and oxygen atoms in total. The molecule has 0 aliphatic heterocycles. The topological polar surface area (TPSA) is 79.4 Å². The fraction of sp³-hybridized carbons (Fsp3) is 0.111. The average Bonchev–Trinajstić information content (AvgIpc) is 2.65. The predicted octanol–water partition coefficient (Wildman–Crippen LogP) is 0.825. The van der Waals surface area contributed by atoms with E-state index < -0.39 is 0 Å². The summed E-state index contributed by atoms with van der Waals surface area (Å²) >= 11 is 0. The van der Waals surface area contributed by atoms with Crippen LogP contribution in [0, 0.1) is 11.3 Å². The maximum absolute atomic E-state index is 8.78. The maximum atomic E-state index is 8.78. The summed E-state index contributed by atoms with van der Waals surface area (Å²) < 4.78 is 1.66. The van der Waals surface area contributed by atoms with Gasteiger partial charge in [0, 0.05) is 31.7 Å². The van der Waals surface area contributed by atoms with Gasteiger partial charge in [-0.05, 0) is 0 Å². The second-order valence-electron chi connectivity index (χ2n) is 2.87. The molecule has 0 aliphatic carbocycles. The van der Waals surface area contributed by atoms with Crippen LogP contribution in [-0.2, 0) is 7.05 Å². The zero-order valence-electron chi connectivity index (χ0n) is 8.05. The number of nitriles is 1. The molecule has 6 heteroatoms. The van der Waals surface area contributed by atoms with Crippen LogP contribution in [0.1, 0.15) is 5.69 Å². The summed E-state index contributed by atoms with van der Waals surface area (Å²) in [7, 11) is 1.81. The van der Waals surface area contributed by atoms with Crippen molar-refractivity contribution < 1.29 is 0 Å². The quantitative estimate of drug-likeness (QED) is 0.776. The third kappa shape index (κ3) is 1.91. The molecule has 0 radical (unpaired) electrons. The molecule has 0 bridgehead atoms. The highest BCUT2D eigenvalue weighted by Gasteiger charge is 2.05. The molecule has 0 fully saturated rings. The summed E-state index contributed by atoms with van der Waals surface area (Å²) in [6, 6.07) is 3.74. The zero-order chi connectivity index (χ0) is 10.7. The van der Waals surface area contributed by atoms with Gasteiger partial charge in [0.05, 0.1) is 0 Å².